The van der Waals surface area contributed by atoms with Crippen LogP contribution in [0.15, 0.2) is 24.3 Å². The molecule has 0 amide bonds. The molecular weight excluding hydrogens is 269 g/mol. The molecular formula is C16H20FN3O. The highest BCUT2D eigenvalue weighted by molar-refractivity contribution is 5.40. The predicted molar refractivity (Wildman–Crippen MR) is 81.5 cm³/mol. The van der Waals surface area contributed by atoms with Crippen LogP contribution < -0.4 is 10.1 Å². The molecule has 2 aromatic rings. The van der Waals surface area contributed by atoms with Crippen molar-refractivity contribution in [1.82, 2.24) is 9.97 Å². The van der Waals surface area contributed by atoms with E-state index in [0.29, 0.717) is 28.8 Å². The standard InChI is InChI=1S/C16H20FN3O/c1-5-18-14-9-15(20-16(19-14)10(2)3)21-12-7-6-11(4)13(17)8-12/h6-10H,5H2,1-4H3,(H,18,19,20). The van der Waals surface area contributed by atoms with Crippen molar-refractivity contribution in [2.45, 2.75) is 33.6 Å². The third-order valence-corrected chi connectivity index (χ3v) is 2.96. The molecule has 0 atom stereocenters. The first-order valence-electron chi connectivity index (χ1n) is 7.06. The Morgan fingerprint density at radius 3 is 2.62 bits per heavy atom. The highest BCUT2D eigenvalue weighted by atomic mass is 19.1. The summed E-state index contributed by atoms with van der Waals surface area (Å²) in [6.45, 7) is 8.49. The highest BCUT2D eigenvalue weighted by Gasteiger charge is 2.10. The SMILES string of the molecule is CCNc1cc(Oc2ccc(C)c(F)c2)nc(C(C)C)n1. The molecule has 1 N–H and O–H groups in total. The van der Waals surface area contributed by atoms with Gasteiger partial charge in [-0.2, -0.15) is 4.98 Å². The maximum atomic E-state index is 13.6. The van der Waals surface area contributed by atoms with Crippen LogP contribution in [0, 0.1) is 12.7 Å². The third-order valence-electron chi connectivity index (χ3n) is 2.96. The number of anilines is 1. The number of rotatable bonds is 5. The Bertz CT molecular complexity index is 629. The molecule has 0 aliphatic carbocycles. The first-order valence-corrected chi connectivity index (χ1v) is 7.06. The largest absolute Gasteiger partial charge is 0.439 e. The third kappa shape index (κ3) is 3.90. The lowest BCUT2D eigenvalue weighted by Crippen LogP contribution is -2.05. The summed E-state index contributed by atoms with van der Waals surface area (Å²) in [5.74, 6) is 2.12. The Labute approximate surface area is 124 Å². The summed E-state index contributed by atoms with van der Waals surface area (Å²) in [7, 11) is 0. The van der Waals surface area contributed by atoms with Crippen LogP contribution in [0.2, 0.25) is 0 Å². The first kappa shape index (κ1) is 15.2. The lowest BCUT2D eigenvalue weighted by atomic mass is 10.2. The van der Waals surface area contributed by atoms with E-state index in [0.717, 1.165) is 6.54 Å². The lowest BCUT2D eigenvalue weighted by Gasteiger charge is -2.11. The molecule has 21 heavy (non-hydrogen) atoms. The van der Waals surface area contributed by atoms with Crippen molar-refractivity contribution in [2.24, 2.45) is 0 Å². The Morgan fingerprint density at radius 1 is 1.24 bits per heavy atom. The van der Waals surface area contributed by atoms with Crippen molar-refractivity contribution in [1.29, 1.82) is 0 Å². The van der Waals surface area contributed by atoms with Gasteiger partial charge in [-0.05, 0) is 25.5 Å². The Morgan fingerprint density at radius 2 is 2.00 bits per heavy atom. The van der Waals surface area contributed by atoms with E-state index in [1.807, 2.05) is 20.8 Å². The smallest absolute Gasteiger partial charge is 0.224 e. The Balaban J connectivity index is 2.31. The number of nitrogens with one attached hydrogen (secondary N) is 1. The molecule has 1 aromatic carbocycles. The maximum Gasteiger partial charge on any atom is 0.224 e. The molecule has 0 bridgehead atoms. The van der Waals surface area contributed by atoms with Gasteiger partial charge in [-0.25, -0.2) is 9.37 Å². The molecule has 4 nitrogen and oxygen atoms in total. The minimum Gasteiger partial charge on any atom is -0.439 e. The Kier molecular flexibility index (Phi) is 4.73. The van der Waals surface area contributed by atoms with E-state index in [1.165, 1.54) is 6.07 Å². The molecule has 0 radical (unpaired) electrons. The van der Waals surface area contributed by atoms with E-state index >= 15 is 0 Å². The zero-order valence-electron chi connectivity index (χ0n) is 12.8. The van der Waals surface area contributed by atoms with Crippen molar-refractivity contribution >= 4 is 5.82 Å². The van der Waals surface area contributed by atoms with Crippen LogP contribution in [0.4, 0.5) is 10.2 Å². The maximum absolute atomic E-state index is 13.6. The number of benzene rings is 1. The van der Waals surface area contributed by atoms with Gasteiger partial charge in [-0.15, -0.1) is 0 Å². The zero-order chi connectivity index (χ0) is 15.4. The minimum absolute atomic E-state index is 0.181. The predicted octanol–water partition coefficient (Wildman–Crippen LogP) is 4.27. The fourth-order valence-electron chi connectivity index (χ4n) is 1.78. The second-order valence-corrected chi connectivity index (χ2v) is 5.15. The fourth-order valence-corrected chi connectivity index (χ4v) is 1.78. The van der Waals surface area contributed by atoms with Crippen LogP contribution in [0.3, 0.4) is 0 Å². The van der Waals surface area contributed by atoms with Crippen LogP contribution >= 0.6 is 0 Å². The van der Waals surface area contributed by atoms with Crippen molar-refractivity contribution in [3.63, 3.8) is 0 Å². The molecule has 1 heterocycles. The van der Waals surface area contributed by atoms with Crippen LogP contribution in [0.25, 0.3) is 0 Å². The van der Waals surface area contributed by atoms with E-state index in [2.05, 4.69) is 15.3 Å². The van der Waals surface area contributed by atoms with Gasteiger partial charge in [0.15, 0.2) is 0 Å². The molecule has 1 aromatic heterocycles. The monoisotopic (exact) mass is 289 g/mol. The fraction of sp³-hybridized carbons (Fsp3) is 0.375. The average Bonchev–Trinajstić information content (AvgIpc) is 2.43. The van der Waals surface area contributed by atoms with Gasteiger partial charge in [0.05, 0.1) is 0 Å². The van der Waals surface area contributed by atoms with Gasteiger partial charge in [0.2, 0.25) is 5.88 Å². The van der Waals surface area contributed by atoms with Gasteiger partial charge in [-0.3, -0.25) is 0 Å². The van der Waals surface area contributed by atoms with Gasteiger partial charge < -0.3 is 10.1 Å². The summed E-state index contributed by atoms with van der Waals surface area (Å²) in [4.78, 5) is 8.79. The van der Waals surface area contributed by atoms with E-state index < -0.39 is 0 Å². The number of aryl methyl sites for hydroxylation is 1. The highest BCUT2D eigenvalue weighted by Crippen LogP contribution is 2.25. The molecule has 112 valence electrons. The number of nitrogens with zero attached hydrogens (tertiary/aromatic N) is 2. The summed E-state index contributed by atoms with van der Waals surface area (Å²) >= 11 is 0. The first-order chi connectivity index (χ1) is 9.99. The molecule has 0 fully saturated rings. The van der Waals surface area contributed by atoms with Gasteiger partial charge in [-0.1, -0.05) is 19.9 Å². The molecule has 0 saturated heterocycles. The summed E-state index contributed by atoms with van der Waals surface area (Å²) in [5, 5.41) is 3.14. The van der Waals surface area contributed by atoms with Crippen molar-refractivity contribution in [2.75, 3.05) is 11.9 Å². The summed E-state index contributed by atoms with van der Waals surface area (Å²) in [6.07, 6.45) is 0. The number of halogens is 1. The van der Waals surface area contributed by atoms with Crippen molar-refractivity contribution < 1.29 is 9.13 Å². The minimum atomic E-state index is -0.294. The molecule has 0 aliphatic rings. The number of aromatic nitrogens is 2. The van der Waals surface area contributed by atoms with Crippen LogP contribution in [0.5, 0.6) is 11.6 Å². The second-order valence-electron chi connectivity index (χ2n) is 5.15. The van der Waals surface area contributed by atoms with Crippen LogP contribution in [0.1, 0.15) is 38.1 Å². The quantitative estimate of drug-likeness (QED) is 0.892. The van der Waals surface area contributed by atoms with Crippen LogP contribution in [-0.4, -0.2) is 16.5 Å². The van der Waals surface area contributed by atoms with Gasteiger partial charge in [0, 0.05) is 24.6 Å². The second kappa shape index (κ2) is 6.52. The summed E-state index contributed by atoms with van der Waals surface area (Å²) < 4.78 is 19.2. The number of ether oxygens (including phenoxy) is 1. The summed E-state index contributed by atoms with van der Waals surface area (Å²) in [5.41, 5.74) is 0.584. The van der Waals surface area contributed by atoms with Crippen molar-refractivity contribution in [3.05, 3.63) is 41.5 Å². The Hall–Kier alpha value is -2.17. The van der Waals surface area contributed by atoms with Gasteiger partial charge in [0.25, 0.3) is 0 Å². The summed E-state index contributed by atoms with van der Waals surface area (Å²) in [6, 6.07) is 6.48. The van der Waals surface area contributed by atoms with E-state index in [-0.39, 0.29) is 11.7 Å². The van der Waals surface area contributed by atoms with Gasteiger partial charge in [0.1, 0.15) is 23.2 Å². The van der Waals surface area contributed by atoms with E-state index in [9.17, 15) is 4.39 Å². The number of hydrogen-bond acceptors (Lipinski definition) is 4. The molecule has 0 aliphatic heterocycles. The lowest BCUT2D eigenvalue weighted by molar-refractivity contribution is 0.452. The van der Waals surface area contributed by atoms with Crippen molar-refractivity contribution in [3.8, 4) is 11.6 Å². The van der Waals surface area contributed by atoms with E-state index in [1.54, 1.807) is 25.1 Å². The average molecular weight is 289 g/mol. The van der Waals surface area contributed by atoms with E-state index in [4.69, 9.17) is 4.74 Å². The molecule has 0 saturated carbocycles. The molecule has 2 rings (SSSR count). The molecule has 0 unspecified atom stereocenters. The molecule has 0 spiro atoms. The van der Waals surface area contributed by atoms with Crippen LogP contribution in [-0.2, 0) is 0 Å². The zero-order valence-corrected chi connectivity index (χ0v) is 12.8. The topological polar surface area (TPSA) is 47.0 Å². The number of hydrogen-bond donors (Lipinski definition) is 1. The molecule has 5 heteroatoms. The normalized spacial score (nSPS) is 10.8. The van der Waals surface area contributed by atoms with Gasteiger partial charge >= 0.3 is 0 Å².